The van der Waals surface area contributed by atoms with Crippen molar-refractivity contribution in [3.8, 4) is 0 Å². The van der Waals surface area contributed by atoms with Crippen LogP contribution in [-0.2, 0) is 33.3 Å². The molecule has 2 aromatic rings. The summed E-state index contributed by atoms with van der Waals surface area (Å²) in [5.74, 6) is -1.12. The van der Waals surface area contributed by atoms with E-state index in [4.69, 9.17) is 18.9 Å². The van der Waals surface area contributed by atoms with Gasteiger partial charge in [-0.2, -0.15) is 0 Å². The van der Waals surface area contributed by atoms with Crippen molar-refractivity contribution >= 4 is 34.9 Å². The molecule has 0 bridgehead atoms. The number of anilines is 1. The van der Waals surface area contributed by atoms with Crippen molar-refractivity contribution in [2.75, 3.05) is 25.6 Å². The summed E-state index contributed by atoms with van der Waals surface area (Å²) in [6.45, 7) is 3.52. The van der Waals surface area contributed by atoms with Gasteiger partial charge in [0.1, 0.15) is 19.0 Å². The highest BCUT2D eigenvalue weighted by Crippen LogP contribution is 2.36. The van der Waals surface area contributed by atoms with Gasteiger partial charge < -0.3 is 23.8 Å². The number of hydrogen-bond donors (Lipinski definition) is 0. The van der Waals surface area contributed by atoms with E-state index in [1.165, 1.54) is 33.4 Å². The van der Waals surface area contributed by atoms with E-state index in [-0.39, 0.29) is 6.61 Å². The Labute approximate surface area is 172 Å². The van der Waals surface area contributed by atoms with Crippen molar-refractivity contribution in [3.63, 3.8) is 0 Å². The fourth-order valence-electron chi connectivity index (χ4n) is 3.27. The van der Waals surface area contributed by atoms with Gasteiger partial charge in [0.2, 0.25) is 0 Å². The molecule has 162 valence electrons. The lowest BCUT2D eigenvalue weighted by Crippen LogP contribution is -2.40. The molecule has 0 N–H and O–H groups in total. The predicted molar refractivity (Wildman–Crippen MR) is 101 cm³/mol. The Bertz CT molecular complexity index is 960. The third-order valence-corrected chi connectivity index (χ3v) is 4.38. The number of carbonyl (C=O) groups excluding carboxylic acids is 3. The Balaban J connectivity index is 2.03. The Morgan fingerprint density at radius 1 is 1.03 bits per heavy atom. The molecule has 4 atom stereocenters. The number of hydrogen-bond acceptors (Lipinski definition) is 11. The Kier molecular flexibility index (Phi) is 6.15. The zero-order valence-corrected chi connectivity index (χ0v) is 17.3. The largest absolute Gasteiger partial charge is 0.463 e. The Morgan fingerprint density at radius 3 is 2.30 bits per heavy atom. The summed E-state index contributed by atoms with van der Waals surface area (Å²) >= 11 is 0. The monoisotopic (exact) mass is 421 g/mol. The molecule has 2 aromatic heterocycles. The molecule has 0 saturated carbocycles. The van der Waals surface area contributed by atoms with E-state index >= 15 is 0 Å². The third kappa shape index (κ3) is 4.32. The van der Waals surface area contributed by atoms with E-state index < -0.39 is 42.4 Å². The average molecular weight is 421 g/mol. The van der Waals surface area contributed by atoms with Crippen molar-refractivity contribution in [3.05, 3.63) is 12.7 Å². The molecule has 3 rings (SSSR count). The molecule has 1 fully saturated rings. The first-order chi connectivity index (χ1) is 14.2. The highest BCUT2D eigenvalue weighted by molar-refractivity contribution is 5.83. The van der Waals surface area contributed by atoms with Crippen molar-refractivity contribution in [1.82, 2.24) is 19.5 Å². The maximum absolute atomic E-state index is 11.8. The lowest BCUT2D eigenvalue weighted by atomic mass is 10.1. The Morgan fingerprint density at radius 2 is 1.70 bits per heavy atom. The molecular formula is C18H23N5O7. The van der Waals surface area contributed by atoms with Crippen LogP contribution in [0, 0.1) is 0 Å². The van der Waals surface area contributed by atoms with E-state index in [0.29, 0.717) is 17.0 Å². The predicted octanol–water partition coefficient (Wildman–Crippen LogP) is 0.216. The van der Waals surface area contributed by atoms with Crippen LogP contribution in [0.3, 0.4) is 0 Å². The van der Waals surface area contributed by atoms with Gasteiger partial charge in [-0.3, -0.25) is 19.0 Å². The van der Waals surface area contributed by atoms with E-state index in [1.807, 2.05) is 14.1 Å². The van der Waals surface area contributed by atoms with E-state index in [2.05, 4.69) is 15.0 Å². The van der Waals surface area contributed by atoms with Gasteiger partial charge in [0.15, 0.2) is 35.4 Å². The number of nitrogens with zero attached hydrogens (tertiary/aromatic N) is 5. The molecule has 3 heterocycles. The highest BCUT2D eigenvalue weighted by Gasteiger charge is 2.51. The molecule has 0 radical (unpaired) electrons. The van der Waals surface area contributed by atoms with Gasteiger partial charge in [0, 0.05) is 34.9 Å². The Hall–Kier alpha value is -3.28. The van der Waals surface area contributed by atoms with Gasteiger partial charge >= 0.3 is 17.9 Å². The van der Waals surface area contributed by atoms with Gasteiger partial charge in [0.05, 0.1) is 6.33 Å². The van der Waals surface area contributed by atoms with Crippen molar-refractivity contribution < 1.29 is 33.3 Å². The highest BCUT2D eigenvalue weighted by atomic mass is 16.7. The van der Waals surface area contributed by atoms with Crippen LogP contribution < -0.4 is 4.90 Å². The molecule has 0 spiro atoms. The van der Waals surface area contributed by atoms with Gasteiger partial charge in [-0.05, 0) is 0 Å². The van der Waals surface area contributed by atoms with E-state index in [9.17, 15) is 14.4 Å². The molecule has 1 saturated heterocycles. The molecule has 12 heteroatoms. The van der Waals surface area contributed by atoms with Crippen LogP contribution in [0.5, 0.6) is 0 Å². The summed E-state index contributed by atoms with van der Waals surface area (Å²) < 4.78 is 23.4. The minimum Gasteiger partial charge on any atom is -0.463 e. The molecule has 30 heavy (non-hydrogen) atoms. The summed E-state index contributed by atoms with van der Waals surface area (Å²) in [7, 11) is 3.64. The van der Waals surface area contributed by atoms with Crippen LogP contribution in [0.4, 0.5) is 5.82 Å². The van der Waals surface area contributed by atoms with Gasteiger partial charge in [-0.1, -0.05) is 0 Å². The zero-order valence-electron chi connectivity index (χ0n) is 17.3. The second-order valence-electron chi connectivity index (χ2n) is 6.93. The number of imidazole rings is 1. The normalized spacial score (nSPS) is 23.2. The van der Waals surface area contributed by atoms with Crippen molar-refractivity contribution in [1.29, 1.82) is 0 Å². The number of carbonyl (C=O) groups is 3. The first-order valence-corrected chi connectivity index (χ1v) is 9.17. The molecule has 0 aromatic carbocycles. The smallest absolute Gasteiger partial charge is 0.303 e. The summed E-state index contributed by atoms with van der Waals surface area (Å²) in [5.41, 5.74) is 0.950. The standard InChI is InChI=1S/C18H23N5O7/c1-9(24)27-6-12-14(28-10(2)25)15(29-11(3)26)18(30-12)23-8-21-13-16(22(4)5)19-7-20-17(13)23/h7-8,12,14-15,18H,6H2,1-5H3/t12-,14?,15?,18-/m1/s1. The van der Waals surface area contributed by atoms with Crippen molar-refractivity contribution in [2.45, 2.75) is 45.3 Å². The third-order valence-electron chi connectivity index (χ3n) is 4.38. The summed E-state index contributed by atoms with van der Waals surface area (Å²) in [6, 6.07) is 0. The summed E-state index contributed by atoms with van der Waals surface area (Å²) in [5, 5.41) is 0. The second-order valence-corrected chi connectivity index (χ2v) is 6.93. The van der Waals surface area contributed by atoms with Crippen LogP contribution in [0.15, 0.2) is 12.7 Å². The lowest BCUT2D eigenvalue weighted by molar-refractivity contribution is -0.166. The zero-order chi connectivity index (χ0) is 22.0. The van der Waals surface area contributed by atoms with Crippen LogP contribution >= 0.6 is 0 Å². The lowest BCUT2D eigenvalue weighted by Gasteiger charge is -2.23. The molecule has 1 aliphatic heterocycles. The van der Waals surface area contributed by atoms with E-state index in [1.54, 1.807) is 9.47 Å². The summed E-state index contributed by atoms with van der Waals surface area (Å²) in [4.78, 5) is 49.3. The number of aromatic nitrogens is 4. The molecule has 12 nitrogen and oxygen atoms in total. The van der Waals surface area contributed by atoms with Crippen molar-refractivity contribution in [2.24, 2.45) is 0 Å². The number of esters is 3. The van der Waals surface area contributed by atoms with Crippen LogP contribution in [0.25, 0.3) is 11.2 Å². The van der Waals surface area contributed by atoms with Gasteiger partial charge in [-0.25, -0.2) is 15.0 Å². The maximum Gasteiger partial charge on any atom is 0.303 e. The molecule has 2 unspecified atom stereocenters. The van der Waals surface area contributed by atoms with Crippen LogP contribution in [0.2, 0.25) is 0 Å². The van der Waals surface area contributed by atoms with Crippen LogP contribution in [0.1, 0.15) is 27.0 Å². The second kappa shape index (κ2) is 8.61. The maximum atomic E-state index is 11.8. The topological polar surface area (TPSA) is 135 Å². The summed E-state index contributed by atoms with van der Waals surface area (Å²) in [6.07, 6.45) is -0.933. The SMILES string of the molecule is CC(=O)OC[C@H]1O[C@@H](n2cnc3c(N(C)C)ncnc32)C(OC(C)=O)C1OC(C)=O. The fraction of sp³-hybridized carbons (Fsp3) is 0.556. The fourth-order valence-corrected chi connectivity index (χ4v) is 3.27. The number of fused-ring (bicyclic) bond motifs is 1. The van der Waals surface area contributed by atoms with E-state index in [0.717, 1.165) is 0 Å². The van der Waals surface area contributed by atoms with Crippen LogP contribution in [-0.4, -0.2) is 76.4 Å². The van der Waals surface area contributed by atoms with Gasteiger partial charge in [0.25, 0.3) is 0 Å². The molecular weight excluding hydrogens is 398 g/mol. The van der Waals surface area contributed by atoms with Gasteiger partial charge in [-0.15, -0.1) is 0 Å². The minimum absolute atomic E-state index is 0.188. The molecule has 1 aliphatic rings. The number of ether oxygens (including phenoxy) is 4. The minimum atomic E-state index is -1.01. The number of rotatable bonds is 6. The first kappa shape index (κ1) is 21.4. The first-order valence-electron chi connectivity index (χ1n) is 9.17. The quantitative estimate of drug-likeness (QED) is 0.468. The molecule has 0 amide bonds. The molecule has 0 aliphatic carbocycles. The average Bonchev–Trinajstić information content (AvgIpc) is 3.21.